The molecule has 1 N–H and O–H groups in total. The highest BCUT2D eigenvalue weighted by molar-refractivity contribution is 6.30. The van der Waals surface area contributed by atoms with Crippen molar-refractivity contribution < 1.29 is 14.3 Å². The molecule has 2 amide bonds. The molecule has 0 unspecified atom stereocenters. The third kappa shape index (κ3) is 3.60. The lowest BCUT2D eigenvalue weighted by Crippen LogP contribution is -2.32. The van der Waals surface area contributed by atoms with Crippen LogP contribution in [0.4, 0.5) is 11.9 Å². The number of methoxy groups -OCH3 is 1. The van der Waals surface area contributed by atoms with Crippen molar-refractivity contribution in [1.82, 2.24) is 14.8 Å². The lowest BCUT2D eigenvalue weighted by molar-refractivity contribution is -0.122. The average Bonchev–Trinajstić information content (AvgIpc) is 3.42. The first-order valence-electron chi connectivity index (χ1n) is 11.7. The normalized spacial score (nSPS) is 25.3. The van der Waals surface area contributed by atoms with Gasteiger partial charge in [-0.2, -0.15) is 4.98 Å². The molecule has 3 aliphatic rings. The molecular formula is C26H24ClN5O3. The van der Waals surface area contributed by atoms with Crippen LogP contribution in [0.25, 0.3) is 0 Å². The second kappa shape index (κ2) is 8.53. The van der Waals surface area contributed by atoms with E-state index in [4.69, 9.17) is 21.4 Å². The molecule has 6 rings (SSSR count). The number of hydrogen-bond donors (Lipinski definition) is 1. The summed E-state index contributed by atoms with van der Waals surface area (Å²) in [4.78, 5) is 32.2. The molecule has 0 bridgehead atoms. The highest BCUT2D eigenvalue weighted by atomic mass is 35.5. The first-order valence-corrected chi connectivity index (χ1v) is 12.1. The van der Waals surface area contributed by atoms with Gasteiger partial charge in [0.05, 0.1) is 31.0 Å². The van der Waals surface area contributed by atoms with E-state index in [2.05, 4.69) is 10.3 Å². The predicted octanol–water partition coefficient (Wildman–Crippen LogP) is 4.54. The van der Waals surface area contributed by atoms with Crippen LogP contribution in [0.1, 0.15) is 42.5 Å². The molecule has 3 aromatic rings. The van der Waals surface area contributed by atoms with Gasteiger partial charge in [-0.25, -0.2) is 9.58 Å². The Morgan fingerprint density at radius 2 is 1.69 bits per heavy atom. The fourth-order valence-corrected chi connectivity index (χ4v) is 5.50. The topological polar surface area (TPSA) is 89.3 Å². The Bertz CT molecular complexity index is 1310. The number of benzene rings is 2. The van der Waals surface area contributed by atoms with Gasteiger partial charge in [0.1, 0.15) is 5.75 Å². The zero-order valence-electron chi connectivity index (χ0n) is 19.1. The zero-order valence-corrected chi connectivity index (χ0v) is 19.9. The Kier molecular flexibility index (Phi) is 5.33. The number of ether oxygens (including phenoxy) is 1. The average molecular weight is 490 g/mol. The number of allylic oxidation sites excluding steroid dienone is 2. The molecule has 2 aliphatic heterocycles. The van der Waals surface area contributed by atoms with Crippen LogP contribution >= 0.6 is 11.6 Å². The van der Waals surface area contributed by atoms with Gasteiger partial charge in [-0.05, 0) is 43.0 Å². The molecule has 1 saturated heterocycles. The fourth-order valence-electron chi connectivity index (χ4n) is 5.37. The molecule has 1 aromatic heterocycles. The van der Waals surface area contributed by atoms with Crippen molar-refractivity contribution in [3.8, 4) is 5.75 Å². The fraction of sp³-hybridized carbons (Fsp3) is 0.308. The van der Waals surface area contributed by atoms with Crippen LogP contribution in [-0.2, 0) is 9.59 Å². The summed E-state index contributed by atoms with van der Waals surface area (Å²) >= 11 is 6.11. The molecule has 35 heavy (non-hydrogen) atoms. The molecule has 1 fully saturated rings. The number of carbonyl (C=O) groups excluding carboxylic acids is 2. The number of halogens is 1. The van der Waals surface area contributed by atoms with Gasteiger partial charge in [-0.1, -0.05) is 54.1 Å². The lowest BCUT2D eigenvalue weighted by Gasteiger charge is -2.32. The first-order chi connectivity index (χ1) is 17.0. The number of amides is 2. The van der Waals surface area contributed by atoms with Crippen LogP contribution in [0.2, 0.25) is 5.02 Å². The van der Waals surface area contributed by atoms with Crippen molar-refractivity contribution in [3.05, 3.63) is 76.8 Å². The highest BCUT2D eigenvalue weighted by Crippen LogP contribution is 2.43. The molecule has 0 spiro atoms. The Balaban J connectivity index is 1.42. The van der Waals surface area contributed by atoms with E-state index in [9.17, 15) is 9.59 Å². The van der Waals surface area contributed by atoms with Gasteiger partial charge in [-0.3, -0.25) is 9.59 Å². The maximum Gasteiger partial charge on any atom is 0.260 e. The van der Waals surface area contributed by atoms with Crippen molar-refractivity contribution in [1.29, 1.82) is 0 Å². The standard InChI is InChI=1S/C26H24ClN5O3/c1-35-22-9-5-4-8-19(22)21-14-20(15-10-12-16(27)13-11-15)28-25-29-26(30-32(21)25)31-23(33)17-6-2-3-7-18(17)24(31)34/h2-5,8-13,17-18,20-21H,6-7,14H2,1H3,(H,28,29,30)/t17-,18+,20-,21+/m1/s1. The molecule has 4 atom stereocenters. The number of aromatic nitrogens is 3. The molecule has 0 radical (unpaired) electrons. The van der Waals surface area contributed by atoms with E-state index in [-0.39, 0.29) is 41.7 Å². The summed E-state index contributed by atoms with van der Waals surface area (Å²) in [7, 11) is 1.64. The van der Waals surface area contributed by atoms with Gasteiger partial charge in [0.2, 0.25) is 17.8 Å². The number of rotatable bonds is 4. The third-order valence-electron chi connectivity index (χ3n) is 7.16. The monoisotopic (exact) mass is 489 g/mol. The largest absolute Gasteiger partial charge is 0.496 e. The van der Waals surface area contributed by atoms with E-state index < -0.39 is 0 Å². The van der Waals surface area contributed by atoms with E-state index in [1.54, 1.807) is 11.8 Å². The summed E-state index contributed by atoms with van der Waals surface area (Å²) in [6, 6.07) is 15.2. The van der Waals surface area contributed by atoms with Crippen LogP contribution in [0.15, 0.2) is 60.7 Å². The lowest BCUT2D eigenvalue weighted by atomic mass is 9.85. The van der Waals surface area contributed by atoms with Gasteiger partial charge >= 0.3 is 0 Å². The summed E-state index contributed by atoms with van der Waals surface area (Å²) in [6.45, 7) is 0. The molecule has 2 aromatic carbocycles. The molecule has 1 aliphatic carbocycles. The van der Waals surface area contributed by atoms with Crippen molar-refractivity contribution >= 4 is 35.3 Å². The Hall–Kier alpha value is -3.65. The quantitative estimate of drug-likeness (QED) is 0.427. The van der Waals surface area contributed by atoms with E-state index >= 15 is 0 Å². The van der Waals surface area contributed by atoms with Gasteiger partial charge in [-0.15, -0.1) is 5.10 Å². The number of nitrogens with one attached hydrogen (secondary N) is 1. The number of carbonyl (C=O) groups is 2. The number of anilines is 2. The van der Waals surface area contributed by atoms with E-state index in [0.29, 0.717) is 30.2 Å². The summed E-state index contributed by atoms with van der Waals surface area (Å²) in [5.74, 6) is 0.221. The maximum atomic E-state index is 13.2. The smallest absolute Gasteiger partial charge is 0.260 e. The van der Waals surface area contributed by atoms with E-state index in [1.165, 1.54) is 4.90 Å². The van der Waals surface area contributed by atoms with Crippen molar-refractivity contribution in [2.75, 3.05) is 17.3 Å². The minimum atomic E-state index is -0.340. The number of hydrogen-bond acceptors (Lipinski definition) is 6. The minimum absolute atomic E-state index is 0.0801. The maximum absolute atomic E-state index is 13.2. The third-order valence-corrected chi connectivity index (χ3v) is 7.41. The first kappa shape index (κ1) is 21.9. The van der Waals surface area contributed by atoms with Gasteiger partial charge in [0.15, 0.2) is 0 Å². The number of imide groups is 1. The summed E-state index contributed by atoms with van der Waals surface area (Å²) in [5, 5.41) is 8.81. The molecule has 178 valence electrons. The van der Waals surface area contributed by atoms with Crippen LogP contribution in [0, 0.1) is 11.8 Å². The van der Waals surface area contributed by atoms with Gasteiger partial charge in [0, 0.05) is 10.6 Å². The number of nitrogens with zero attached hydrogens (tertiary/aromatic N) is 4. The molecule has 9 heteroatoms. The van der Waals surface area contributed by atoms with E-state index in [1.807, 2.05) is 60.7 Å². The zero-order chi connectivity index (χ0) is 24.1. The molecular weight excluding hydrogens is 466 g/mol. The minimum Gasteiger partial charge on any atom is -0.496 e. The highest BCUT2D eigenvalue weighted by Gasteiger charge is 2.50. The Morgan fingerprint density at radius 1 is 1.00 bits per heavy atom. The second-order valence-corrected chi connectivity index (χ2v) is 9.53. The molecule has 8 nitrogen and oxygen atoms in total. The van der Waals surface area contributed by atoms with Crippen LogP contribution in [-0.4, -0.2) is 33.7 Å². The predicted molar refractivity (Wildman–Crippen MR) is 131 cm³/mol. The molecule has 3 heterocycles. The second-order valence-electron chi connectivity index (χ2n) is 9.09. The van der Waals surface area contributed by atoms with Gasteiger partial charge in [0.25, 0.3) is 5.95 Å². The van der Waals surface area contributed by atoms with Gasteiger partial charge < -0.3 is 10.1 Å². The summed E-state index contributed by atoms with van der Waals surface area (Å²) in [5.41, 5.74) is 2.00. The van der Waals surface area contributed by atoms with Crippen LogP contribution < -0.4 is 15.0 Å². The van der Waals surface area contributed by atoms with Crippen LogP contribution in [0.3, 0.4) is 0 Å². The van der Waals surface area contributed by atoms with Crippen molar-refractivity contribution in [3.63, 3.8) is 0 Å². The Labute approximate surface area is 207 Å². The van der Waals surface area contributed by atoms with Crippen LogP contribution in [0.5, 0.6) is 5.75 Å². The van der Waals surface area contributed by atoms with Crippen molar-refractivity contribution in [2.24, 2.45) is 11.8 Å². The van der Waals surface area contributed by atoms with E-state index in [0.717, 1.165) is 16.9 Å². The van der Waals surface area contributed by atoms with Crippen molar-refractivity contribution in [2.45, 2.75) is 31.3 Å². The SMILES string of the molecule is COc1ccccc1[C@@H]1C[C@H](c2ccc(Cl)cc2)Nc2nc(N3C(=O)[C@H]4CC=CC[C@H]4C3=O)nn21. The molecule has 0 saturated carbocycles. The summed E-state index contributed by atoms with van der Waals surface area (Å²) in [6.07, 6.45) is 5.74. The Morgan fingerprint density at radius 3 is 2.37 bits per heavy atom. The number of para-hydroxylation sites is 1. The number of fused-ring (bicyclic) bond motifs is 2. The summed E-state index contributed by atoms with van der Waals surface area (Å²) < 4.78 is 7.41.